The minimum absolute atomic E-state index is 0.105. The standard InChI is InChI=1S/C15H20O6/c1-4-5-6-9-10(7-13(18)20-2)14(15(19)21-3)12(17)8-11(9)16/h8,16-17H,4-7H2,1-3H3. The Balaban J connectivity index is 3.45. The maximum Gasteiger partial charge on any atom is 0.341 e. The molecule has 1 aromatic rings. The minimum atomic E-state index is -0.760. The first-order valence-corrected chi connectivity index (χ1v) is 6.68. The maximum atomic E-state index is 11.8. The van der Waals surface area contributed by atoms with Crippen molar-refractivity contribution < 1.29 is 29.3 Å². The van der Waals surface area contributed by atoms with Gasteiger partial charge in [-0.15, -0.1) is 0 Å². The lowest BCUT2D eigenvalue weighted by Crippen LogP contribution is -2.14. The predicted molar refractivity (Wildman–Crippen MR) is 75.4 cm³/mol. The van der Waals surface area contributed by atoms with Crippen LogP contribution in [0.1, 0.15) is 41.3 Å². The Morgan fingerprint density at radius 3 is 2.29 bits per heavy atom. The fourth-order valence-corrected chi connectivity index (χ4v) is 2.12. The average Bonchev–Trinajstić information content (AvgIpc) is 2.45. The summed E-state index contributed by atoms with van der Waals surface area (Å²) >= 11 is 0. The molecule has 0 unspecified atom stereocenters. The lowest BCUT2D eigenvalue weighted by Gasteiger charge is -2.16. The Kier molecular flexibility index (Phi) is 6.02. The summed E-state index contributed by atoms with van der Waals surface area (Å²) in [6.07, 6.45) is 1.92. The number of carbonyl (C=O) groups excluding carboxylic acids is 2. The molecular formula is C15H20O6. The highest BCUT2D eigenvalue weighted by Gasteiger charge is 2.25. The van der Waals surface area contributed by atoms with Crippen molar-refractivity contribution in [2.75, 3.05) is 14.2 Å². The van der Waals surface area contributed by atoms with E-state index >= 15 is 0 Å². The smallest absolute Gasteiger partial charge is 0.341 e. The molecule has 0 amide bonds. The van der Waals surface area contributed by atoms with E-state index in [1.54, 1.807) is 0 Å². The SMILES string of the molecule is CCCCc1c(O)cc(O)c(C(=O)OC)c1CC(=O)OC. The number of benzene rings is 1. The summed E-state index contributed by atoms with van der Waals surface area (Å²) in [7, 11) is 2.41. The van der Waals surface area contributed by atoms with Gasteiger partial charge in [-0.1, -0.05) is 13.3 Å². The van der Waals surface area contributed by atoms with E-state index in [-0.39, 0.29) is 23.3 Å². The van der Waals surface area contributed by atoms with Crippen LogP contribution in [0.2, 0.25) is 0 Å². The lowest BCUT2D eigenvalue weighted by atomic mass is 9.93. The lowest BCUT2D eigenvalue weighted by molar-refractivity contribution is -0.139. The molecule has 0 saturated heterocycles. The molecule has 1 rings (SSSR count). The van der Waals surface area contributed by atoms with E-state index in [1.807, 2.05) is 6.92 Å². The van der Waals surface area contributed by atoms with Crippen molar-refractivity contribution in [1.82, 2.24) is 0 Å². The number of hydrogen-bond donors (Lipinski definition) is 2. The maximum absolute atomic E-state index is 11.8. The topological polar surface area (TPSA) is 93.1 Å². The Morgan fingerprint density at radius 2 is 1.76 bits per heavy atom. The van der Waals surface area contributed by atoms with Gasteiger partial charge in [0, 0.05) is 6.07 Å². The van der Waals surface area contributed by atoms with Gasteiger partial charge in [0.2, 0.25) is 0 Å². The second-order valence-corrected chi connectivity index (χ2v) is 4.59. The van der Waals surface area contributed by atoms with E-state index < -0.39 is 17.7 Å². The number of esters is 2. The van der Waals surface area contributed by atoms with Crippen molar-refractivity contribution in [3.8, 4) is 11.5 Å². The summed E-state index contributed by atoms with van der Waals surface area (Å²) in [5, 5.41) is 19.9. The van der Waals surface area contributed by atoms with E-state index in [1.165, 1.54) is 14.2 Å². The zero-order valence-electron chi connectivity index (χ0n) is 12.4. The van der Waals surface area contributed by atoms with Crippen LogP contribution in [0.4, 0.5) is 0 Å². The number of hydrogen-bond acceptors (Lipinski definition) is 6. The summed E-state index contributed by atoms with van der Waals surface area (Å²) in [5.74, 6) is -1.89. The molecule has 6 nitrogen and oxygen atoms in total. The summed E-state index contributed by atoms with van der Waals surface area (Å²) < 4.78 is 9.25. The quantitative estimate of drug-likeness (QED) is 0.779. The number of unbranched alkanes of at least 4 members (excludes halogenated alkanes) is 1. The van der Waals surface area contributed by atoms with Gasteiger partial charge in [-0.3, -0.25) is 4.79 Å². The molecule has 6 heteroatoms. The number of methoxy groups -OCH3 is 2. The number of carbonyl (C=O) groups is 2. The van der Waals surface area contributed by atoms with Crippen LogP contribution in [-0.4, -0.2) is 36.4 Å². The normalized spacial score (nSPS) is 10.2. The van der Waals surface area contributed by atoms with Crippen molar-refractivity contribution in [2.45, 2.75) is 32.6 Å². The van der Waals surface area contributed by atoms with Crippen LogP contribution in [0.25, 0.3) is 0 Å². The van der Waals surface area contributed by atoms with Gasteiger partial charge in [-0.25, -0.2) is 4.79 Å². The number of rotatable bonds is 6. The second-order valence-electron chi connectivity index (χ2n) is 4.59. The molecule has 0 radical (unpaired) electrons. The zero-order valence-corrected chi connectivity index (χ0v) is 12.4. The Hall–Kier alpha value is -2.24. The van der Waals surface area contributed by atoms with Crippen LogP contribution in [0.5, 0.6) is 11.5 Å². The van der Waals surface area contributed by atoms with Gasteiger partial charge in [-0.2, -0.15) is 0 Å². The zero-order chi connectivity index (χ0) is 16.0. The van der Waals surface area contributed by atoms with E-state index in [4.69, 9.17) is 0 Å². The average molecular weight is 296 g/mol. The van der Waals surface area contributed by atoms with Gasteiger partial charge in [0.25, 0.3) is 0 Å². The van der Waals surface area contributed by atoms with Crippen molar-refractivity contribution >= 4 is 11.9 Å². The largest absolute Gasteiger partial charge is 0.508 e. The molecule has 0 aliphatic carbocycles. The number of phenols is 2. The van der Waals surface area contributed by atoms with Crippen molar-refractivity contribution in [1.29, 1.82) is 0 Å². The summed E-state index contributed by atoms with van der Waals surface area (Å²) in [4.78, 5) is 23.4. The summed E-state index contributed by atoms with van der Waals surface area (Å²) in [6, 6.07) is 1.10. The van der Waals surface area contributed by atoms with Crippen LogP contribution < -0.4 is 0 Å². The molecule has 0 aromatic heterocycles. The van der Waals surface area contributed by atoms with Gasteiger partial charge >= 0.3 is 11.9 Å². The van der Waals surface area contributed by atoms with E-state index in [9.17, 15) is 19.8 Å². The number of aromatic hydroxyl groups is 2. The molecular weight excluding hydrogens is 276 g/mol. The first kappa shape index (κ1) is 16.8. The van der Waals surface area contributed by atoms with Crippen molar-refractivity contribution in [3.63, 3.8) is 0 Å². The third-order valence-electron chi connectivity index (χ3n) is 3.22. The highest BCUT2D eigenvalue weighted by atomic mass is 16.5. The number of phenolic OH excluding ortho intramolecular Hbond substituents is 2. The molecule has 0 spiro atoms. The Labute approximate surface area is 123 Å². The van der Waals surface area contributed by atoms with Gasteiger partial charge in [-0.05, 0) is 24.0 Å². The van der Waals surface area contributed by atoms with Crippen LogP contribution in [0.3, 0.4) is 0 Å². The molecule has 0 heterocycles. The second kappa shape index (κ2) is 7.52. The molecule has 0 aliphatic heterocycles. The molecule has 2 N–H and O–H groups in total. The van der Waals surface area contributed by atoms with E-state index in [0.717, 1.165) is 18.9 Å². The van der Waals surface area contributed by atoms with Gasteiger partial charge < -0.3 is 19.7 Å². The molecule has 1 aromatic carbocycles. The predicted octanol–water partition coefficient (Wildman–Crippen LogP) is 1.94. The number of ether oxygens (including phenoxy) is 2. The summed E-state index contributed by atoms with van der Waals surface area (Å²) in [5.41, 5.74) is 0.604. The van der Waals surface area contributed by atoms with E-state index in [2.05, 4.69) is 9.47 Å². The highest BCUT2D eigenvalue weighted by Crippen LogP contribution is 2.34. The third-order valence-corrected chi connectivity index (χ3v) is 3.22. The van der Waals surface area contributed by atoms with Crippen LogP contribution in [-0.2, 0) is 27.1 Å². The summed E-state index contributed by atoms with van der Waals surface area (Å²) in [6.45, 7) is 1.98. The molecule has 116 valence electrons. The van der Waals surface area contributed by atoms with Gasteiger partial charge in [0.15, 0.2) is 0 Å². The van der Waals surface area contributed by atoms with E-state index in [0.29, 0.717) is 12.0 Å². The highest BCUT2D eigenvalue weighted by molar-refractivity contribution is 5.96. The van der Waals surface area contributed by atoms with Gasteiger partial charge in [0.05, 0.1) is 20.6 Å². The Bertz CT molecular complexity index is 535. The van der Waals surface area contributed by atoms with Crippen LogP contribution in [0.15, 0.2) is 6.07 Å². The first-order chi connectivity index (χ1) is 9.96. The van der Waals surface area contributed by atoms with Crippen LogP contribution in [0, 0.1) is 0 Å². The monoisotopic (exact) mass is 296 g/mol. The molecule has 0 saturated carbocycles. The first-order valence-electron chi connectivity index (χ1n) is 6.68. The third kappa shape index (κ3) is 3.87. The van der Waals surface area contributed by atoms with Crippen LogP contribution >= 0.6 is 0 Å². The molecule has 0 atom stereocenters. The minimum Gasteiger partial charge on any atom is -0.508 e. The Morgan fingerprint density at radius 1 is 1.10 bits per heavy atom. The van der Waals surface area contributed by atoms with Crippen molar-refractivity contribution in [3.05, 3.63) is 22.8 Å². The van der Waals surface area contributed by atoms with Gasteiger partial charge in [0.1, 0.15) is 17.1 Å². The molecule has 21 heavy (non-hydrogen) atoms. The van der Waals surface area contributed by atoms with Crippen molar-refractivity contribution in [2.24, 2.45) is 0 Å². The molecule has 0 bridgehead atoms. The molecule has 0 aliphatic rings. The fraction of sp³-hybridized carbons (Fsp3) is 0.467. The molecule has 0 fully saturated rings. The fourth-order valence-electron chi connectivity index (χ4n) is 2.12.